The van der Waals surface area contributed by atoms with Crippen LogP contribution in [-0.4, -0.2) is 12.1 Å². The molecule has 3 rings (SSSR count). The number of carbonyl (C=O) groups excluding carboxylic acids is 1. The van der Waals surface area contributed by atoms with Gasteiger partial charge in [-0.2, -0.15) is 0 Å². The van der Waals surface area contributed by atoms with Crippen molar-refractivity contribution in [3.05, 3.63) is 34.9 Å². The van der Waals surface area contributed by atoms with E-state index in [0.29, 0.717) is 5.92 Å². The molecular formula is C20H28O2. The van der Waals surface area contributed by atoms with Crippen molar-refractivity contribution >= 4 is 5.97 Å². The fraction of sp³-hybridized carbons (Fsp3) is 0.650. The summed E-state index contributed by atoms with van der Waals surface area (Å²) < 4.78 is 5.76. The molecule has 1 heterocycles. The van der Waals surface area contributed by atoms with Gasteiger partial charge in [0.05, 0.1) is 0 Å². The number of ether oxygens (including phenoxy) is 1. The Morgan fingerprint density at radius 2 is 1.95 bits per heavy atom. The highest BCUT2D eigenvalue weighted by molar-refractivity contribution is 5.93. The van der Waals surface area contributed by atoms with Gasteiger partial charge in [-0.25, -0.2) is 4.79 Å². The van der Waals surface area contributed by atoms with Gasteiger partial charge in [-0.05, 0) is 62.4 Å². The van der Waals surface area contributed by atoms with Crippen molar-refractivity contribution < 1.29 is 9.53 Å². The molecule has 0 saturated heterocycles. The number of hydrogen-bond acceptors (Lipinski definition) is 2. The van der Waals surface area contributed by atoms with Gasteiger partial charge in [0.1, 0.15) is 6.10 Å². The first-order chi connectivity index (χ1) is 10.4. The van der Waals surface area contributed by atoms with Gasteiger partial charge >= 0.3 is 5.97 Å². The Morgan fingerprint density at radius 3 is 2.73 bits per heavy atom. The zero-order chi connectivity index (χ0) is 15.9. The fourth-order valence-corrected chi connectivity index (χ4v) is 4.55. The molecule has 2 atom stereocenters. The molecule has 0 aromatic carbocycles. The minimum absolute atomic E-state index is 0.0285. The molecule has 120 valence electrons. The van der Waals surface area contributed by atoms with Crippen molar-refractivity contribution in [3.8, 4) is 0 Å². The van der Waals surface area contributed by atoms with Crippen LogP contribution in [0, 0.1) is 11.3 Å². The predicted octanol–water partition coefficient (Wildman–Crippen LogP) is 5.11. The molecule has 2 aliphatic carbocycles. The topological polar surface area (TPSA) is 26.3 Å². The van der Waals surface area contributed by atoms with Gasteiger partial charge in [0.15, 0.2) is 0 Å². The van der Waals surface area contributed by atoms with E-state index in [1.165, 1.54) is 23.1 Å². The van der Waals surface area contributed by atoms with Crippen LogP contribution in [0.3, 0.4) is 0 Å². The lowest BCUT2D eigenvalue weighted by atomic mass is 9.62. The first-order valence-corrected chi connectivity index (χ1v) is 8.66. The molecule has 0 fully saturated rings. The Balaban J connectivity index is 2.00. The summed E-state index contributed by atoms with van der Waals surface area (Å²) in [6.45, 7) is 11.0. The largest absolute Gasteiger partial charge is 0.454 e. The van der Waals surface area contributed by atoms with Crippen molar-refractivity contribution in [2.45, 2.75) is 71.8 Å². The third-order valence-corrected chi connectivity index (χ3v) is 5.94. The molecule has 2 heteroatoms. The number of rotatable bonds is 0. The van der Waals surface area contributed by atoms with E-state index in [1.807, 2.05) is 0 Å². The third kappa shape index (κ3) is 2.68. The van der Waals surface area contributed by atoms with Gasteiger partial charge in [0.2, 0.25) is 0 Å². The quantitative estimate of drug-likeness (QED) is 0.459. The van der Waals surface area contributed by atoms with Gasteiger partial charge in [-0.3, -0.25) is 0 Å². The normalized spacial score (nSPS) is 34.4. The van der Waals surface area contributed by atoms with Crippen molar-refractivity contribution in [2.24, 2.45) is 11.3 Å². The molecule has 22 heavy (non-hydrogen) atoms. The molecule has 0 aromatic rings. The Kier molecular flexibility index (Phi) is 4.05. The molecule has 0 saturated carbocycles. The van der Waals surface area contributed by atoms with Gasteiger partial charge in [-0.1, -0.05) is 37.6 Å². The second-order valence-electron chi connectivity index (χ2n) is 7.83. The standard InChI is InChI=1S/C20H28O2/c1-13-6-5-7-14(2)12-17-18-16(19(21)22-17)11-10-15(9-8-13)20(18,3)4/h7,15,17H,1,5-6,8-12H2,2-4H3/b14-7+/t15-,17-/m1/s1. The molecule has 2 nitrogen and oxygen atoms in total. The van der Waals surface area contributed by atoms with Gasteiger partial charge in [-0.15, -0.1) is 0 Å². The first-order valence-electron chi connectivity index (χ1n) is 8.66. The Morgan fingerprint density at radius 1 is 1.23 bits per heavy atom. The van der Waals surface area contributed by atoms with Gasteiger partial charge in [0.25, 0.3) is 0 Å². The van der Waals surface area contributed by atoms with E-state index in [1.54, 1.807) is 0 Å². The zero-order valence-corrected chi connectivity index (χ0v) is 14.2. The Hall–Kier alpha value is -1.31. The minimum Gasteiger partial charge on any atom is -0.454 e. The number of hydrogen-bond donors (Lipinski definition) is 0. The molecule has 0 radical (unpaired) electrons. The second-order valence-corrected chi connectivity index (χ2v) is 7.83. The maximum absolute atomic E-state index is 12.3. The number of esters is 1. The van der Waals surface area contributed by atoms with Crippen LogP contribution < -0.4 is 0 Å². The van der Waals surface area contributed by atoms with E-state index in [4.69, 9.17) is 4.74 Å². The molecule has 3 aliphatic rings. The summed E-state index contributed by atoms with van der Waals surface area (Å²) in [5.74, 6) is 0.572. The highest BCUT2D eigenvalue weighted by Crippen LogP contribution is 2.52. The van der Waals surface area contributed by atoms with Crippen LogP contribution in [0.5, 0.6) is 0 Å². The minimum atomic E-state index is -0.0568. The summed E-state index contributed by atoms with van der Waals surface area (Å²) in [5, 5.41) is 0. The van der Waals surface area contributed by atoms with Crippen molar-refractivity contribution in [3.63, 3.8) is 0 Å². The maximum Gasteiger partial charge on any atom is 0.334 e. The van der Waals surface area contributed by atoms with E-state index < -0.39 is 0 Å². The predicted molar refractivity (Wildman–Crippen MR) is 89.4 cm³/mol. The van der Waals surface area contributed by atoms with Crippen LogP contribution in [0.15, 0.2) is 34.9 Å². The lowest BCUT2D eigenvalue weighted by Crippen LogP contribution is -2.34. The summed E-state index contributed by atoms with van der Waals surface area (Å²) in [4.78, 5) is 12.3. The second kappa shape index (κ2) is 5.72. The molecule has 2 bridgehead atoms. The molecule has 0 unspecified atom stereocenters. The summed E-state index contributed by atoms with van der Waals surface area (Å²) in [5.41, 5.74) is 5.04. The van der Waals surface area contributed by atoms with Gasteiger partial charge < -0.3 is 4.74 Å². The molecule has 0 spiro atoms. The lowest BCUT2D eigenvalue weighted by Gasteiger charge is -2.41. The van der Waals surface area contributed by atoms with E-state index in [2.05, 4.69) is 33.4 Å². The summed E-state index contributed by atoms with van der Waals surface area (Å²) in [6.07, 6.45) is 9.58. The average Bonchev–Trinajstić information content (AvgIpc) is 2.74. The Bertz CT molecular complexity index is 562. The lowest BCUT2D eigenvalue weighted by molar-refractivity contribution is -0.139. The zero-order valence-electron chi connectivity index (χ0n) is 14.2. The van der Waals surface area contributed by atoms with E-state index >= 15 is 0 Å². The summed E-state index contributed by atoms with van der Waals surface area (Å²) in [6, 6.07) is 0. The monoisotopic (exact) mass is 300 g/mol. The number of carbonyl (C=O) groups is 1. The van der Waals surface area contributed by atoms with Crippen molar-refractivity contribution in [1.82, 2.24) is 0 Å². The van der Waals surface area contributed by atoms with Crippen LogP contribution >= 0.6 is 0 Å². The summed E-state index contributed by atoms with van der Waals surface area (Å²) >= 11 is 0. The van der Waals surface area contributed by atoms with E-state index in [-0.39, 0.29) is 17.5 Å². The van der Waals surface area contributed by atoms with Crippen LogP contribution in [-0.2, 0) is 9.53 Å². The highest BCUT2D eigenvalue weighted by Gasteiger charge is 2.47. The van der Waals surface area contributed by atoms with E-state index in [9.17, 15) is 4.79 Å². The third-order valence-electron chi connectivity index (χ3n) is 5.94. The molecule has 0 amide bonds. The SMILES string of the molecule is C=C1CC/C=C(\C)C[C@H]2OC(=O)C3=C2C(C)(C)[C@H](CC1)CC3. The van der Waals surface area contributed by atoms with Gasteiger partial charge in [0, 0.05) is 12.0 Å². The Labute approximate surface area is 134 Å². The molecule has 1 aliphatic heterocycles. The molecule has 0 N–H and O–H groups in total. The van der Waals surface area contributed by atoms with Crippen LogP contribution in [0.1, 0.15) is 65.7 Å². The summed E-state index contributed by atoms with van der Waals surface area (Å²) in [7, 11) is 0. The smallest absolute Gasteiger partial charge is 0.334 e. The average molecular weight is 300 g/mol. The fourth-order valence-electron chi connectivity index (χ4n) is 4.55. The highest BCUT2D eigenvalue weighted by atomic mass is 16.5. The van der Waals surface area contributed by atoms with Crippen molar-refractivity contribution in [2.75, 3.05) is 0 Å². The van der Waals surface area contributed by atoms with Crippen LogP contribution in [0.25, 0.3) is 0 Å². The maximum atomic E-state index is 12.3. The van der Waals surface area contributed by atoms with Crippen LogP contribution in [0.2, 0.25) is 0 Å². The first kappa shape index (κ1) is 15.6. The molecular weight excluding hydrogens is 272 g/mol. The van der Waals surface area contributed by atoms with Crippen LogP contribution in [0.4, 0.5) is 0 Å². The molecule has 0 aromatic heterocycles. The van der Waals surface area contributed by atoms with E-state index in [0.717, 1.165) is 44.1 Å². The number of allylic oxidation sites excluding steroid dienone is 2. The van der Waals surface area contributed by atoms with Crippen molar-refractivity contribution in [1.29, 1.82) is 0 Å². The number of fused-ring (bicyclic) bond motifs is 1.